The number of carboxylic acids is 1. The quantitative estimate of drug-likeness (QED) is 0.0440. The number of rotatable bonds is 20. The fourth-order valence-electron chi connectivity index (χ4n) is 12.8. The molecule has 6 rings (SSSR count). The molecular weight excluding hydrogens is 1070 g/mol. The molecule has 1 unspecified atom stereocenters. The lowest BCUT2D eigenvalue weighted by molar-refractivity contribution is -0.320. The molecule has 23 nitrogen and oxygen atoms in total. The van der Waals surface area contributed by atoms with Crippen molar-refractivity contribution >= 4 is 40.2 Å². The lowest BCUT2D eigenvalue weighted by Crippen LogP contribution is -2.61. The van der Waals surface area contributed by atoms with Crippen LogP contribution in [-0.4, -0.2) is 200 Å². The number of anilines is 1. The van der Waals surface area contributed by atoms with Crippen LogP contribution in [0.4, 0.5) is 5.69 Å². The first-order chi connectivity index (χ1) is 38.6. The lowest BCUT2D eigenvalue weighted by Gasteiger charge is -2.50. The first-order valence-corrected chi connectivity index (χ1v) is 29.0. The number of oxime groups is 1. The van der Waals surface area contributed by atoms with E-state index in [-0.39, 0.29) is 62.8 Å². The third kappa shape index (κ3) is 14.8. The van der Waals surface area contributed by atoms with Gasteiger partial charge in [-0.05, 0) is 112 Å². The molecule has 0 radical (unpaired) electrons. The van der Waals surface area contributed by atoms with Gasteiger partial charge in [0.25, 0.3) is 0 Å². The molecule has 3 fully saturated rings. The van der Waals surface area contributed by atoms with Crippen LogP contribution >= 0.6 is 0 Å². The molecule has 6 N–H and O–H groups in total. The Bertz CT molecular complexity index is 2580. The highest BCUT2D eigenvalue weighted by Gasteiger charge is 2.55. The van der Waals surface area contributed by atoms with Gasteiger partial charge in [-0.2, -0.15) is 0 Å². The summed E-state index contributed by atoms with van der Waals surface area (Å²) in [6.07, 6.45) is -6.26. The van der Waals surface area contributed by atoms with Crippen LogP contribution in [0, 0.1) is 23.7 Å². The highest BCUT2D eigenvalue weighted by Crippen LogP contribution is 2.43. The van der Waals surface area contributed by atoms with Crippen molar-refractivity contribution in [2.24, 2.45) is 28.8 Å². The van der Waals surface area contributed by atoms with Crippen LogP contribution < -0.4 is 16.1 Å². The average molecular weight is 1160 g/mol. The van der Waals surface area contributed by atoms with Gasteiger partial charge in [-0.15, -0.1) is 0 Å². The number of methoxy groups -OCH3 is 3. The van der Waals surface area contributed by atoms with E-state index < -0.39 is 119 Å². The van der Waals surface area contributed by atoms with Crippen molar-refractivity contribution in [2.75, 3.05) is 67.2 Å². The smallest absolute Gasteiger partial charge is 0.341 e. The number of cyclic esters (lactones) is 1. The zero-order valence-electron chi connectivity index (χ0n) is 51.1. The number of carbonyl (C=O) groups excluding carboxylic acids is 2. The Morgan fingerprint density at radius 3 is 2.22 bits per heavy atom. The summed E-state index contributed by atoms with van der Waals surface area (Å²) in [5.74, 6) is -5.75. The molecule has 4 aliphatic rings. The Labute approximate surface area is 482 Å². The highest BCUT2D eigenvalue weighted by atomic mass is 16.7. The first kappa shape index (κ1) is 66.8. The predicted molar refractivity (Wildman–Crippen MR) is 304 cm³/mol. The Kier molecular flexibility index (Phi) is 23.0. The van der Waals surface area contributed by atoms with Gasteiger partial charge in [-0.3, -0.25) is 14.4 Å². The number of carboxylic acid groups (broad SMARTS) is 1. The van der Waals surface area contributed by atoms with Crippen LogP contribution in [0.5, 0.6) is 0 Å². The van der Waals surface area contributed by atoms with Crippen molar-refractivity contribution < 1.29 is 82.3 Å². The number of nitrogens with zero attached hydrogens (tertiary/aromatic N) is 3. The van der Waals surface area contributed by atoms with Gasteiger partial charge in [-0.1, -0.05) is 32.9 Å². The van der Waals surface area contributed by atoms with Gasteiger partial charge in [0.2, 0.25) is 12.2 Å². The average Bonchev–Trinajstić information content (AvgIpc) is 2.11. The van der Waals surface area contributed by atoms with Crippen molar-refractivity contribution in [3.63, 3.8) is 0 Å². The molecule has 82 heavy (non-hydrogen) atoms. The molecule has 1 aromatic carbocycles. The number of hydrogen-bond donors (Lipinski definition) is 6. The maximum Gasteiger partial charge on any atom is 0.341 e. The number of ether oxygens (including phenoxy) is 9. The summed E-state index contributed by atoms with van der Waals surface area (Å²) in [6.45, 7) is 20.6. The molecule has 19 atom stereocenters. The number of aromatic nitrogens is 1. The number of aliphatic hydroxyl groups excluding tert-OH is 2. The minimum Gasteiger partial charge on any atom is -0.477 e. The van der Waals surface area contributed by atoms with Gasteiger partial charge < -0.3 is 88.0 Å². The molecule has 3 saturated heterocycles. The molecule has 0 saturated carbocycles. The molecule has 23 heteroatoms. The number of likely N-dealkylation sites (N-methyl/N-ethyl adjacent to an activating group) is 1. The molecule has 4 aliphatic heterocycles. The number of aryl methyl sites for hydroxylation is 1. The van der Waals surface area contributed by atoms with Crippen LogP contribution in [0.15, 0.2) is 28.3 Å². The maximum atomic E-state index is 14.8. The minimum absolute atomic E-state index is 0.0127. The summed E-state index contributed by atoms with van der Waals surface area (Å²) in [6, 6.07) is 3.41. The van der Waals surface area contributed by atoms with E-state index in [1.165, 1.54) is 34.4 Å². The Morgan fingerprint density at radius 1 is 0.902 bits per heavy atom. The number of carbonyl (C=O) groups is 3. The third-order valence-corrected chi connectivity index (χ3v) is 17.7. The third-order valence-electron chi connectivity index (χ3n) is 17.7. The molecule has 5 heterocycles. The number of aliphatic hydroxyl groups is 3. The number of esters is 2. The van der Waals surface area contributed by atoms with E-state index in [0.29, 0.717) is 36.3 Å². The molecule has 464 valence electrons. The summed E-state index contributed by atoms with van der Waals surface area (Å²) in [5.41, 5.74) is -2.43. The number of hydrogen-bond acceptors (Lipinski definition) is 21. The van der Waals surface area contributed by atoms with Gasteiger partial charge in [-0.25, -0.2) is 4.79 Å². The summed E-state index contributed by atoms with van der Waals surface area (Å²) >= 11 is 0. The normalized spacial score (nSPS) is 37.3. The van der Waals surface area contributed by atoms with E-state index in [2.05, 4.69) is 15.8 Å². The van der Waals surface area contributed by atoms with E-state index in [1.54, 1.807) is 40.7 Å². The minimum atomic E-state index is -1.98. The number of benzene rings is 1. The number of aromatic carboxylic acids is 1. The van der Waals surface area contributed by atoms with Crippen LogP contribution in [-0.2, 0) is 63.5 Å². The van der Waals surface area contributed by atoms with Crippen molar-refractivity contribution in [3.05, 3.63) is 39.7 Å². The van der Waals surface area contributed by atoms with E-state index >= 15 is 0 Å². The zero-order valence-corrected chi connectivity index (χ0v) is 51.1. The molecule has 0 amide bonds. The summed E-state index contributed by atoms with van der Waals surface area (Å²) in [5, 5.41) is 57.3. The summed E-state index contributed by atoms with van der Waals surface area (Å²) < 4.78 is 59.0. The largest absolute Gasteiger partial charge is 0.477 e. The molecule has 2 aromatic rings. The first-order valence-electron chi connectivity index (χ1n) is 29.0. The van der Waals surface area contributed by atoms with Crippen LogP contribution in [0.2, 0.25) is 0 Å². The highest BCUT2D eigenvalue weighted by molar-refractivity contribution is 5.95. The monoisotopic (exact) mass is 1160 g/mol. The molecular formula is C59H95N5O18. The SMILES string of the molecule is CC[C@H]1OC(=O)[C@H](C)[C@@H](O[C@H]2C[C@@](C)(OC)[C@@H](OC(=O)CCNCCNc3cc4c5c(c3)c(=O)c(C(=O)O)cn5C(C)CC4)[C@H](C)O2)[C@H](C)[C@@H](O[C@@H]2O[C@H](C)C[C@H](N(C)C)[C@H]2O)[C@](C)(OC)C[C@@H](C)/C(=N\OCOC)[C@H](C)[C@@H](O)[C@]1(C)O. The van der Waals surface area contributed by atoms with E-state index in [1.807, 2.05) is 64.2 Å². The number of pyridine rings is 1. The summed E-state index contributed by atoms with van der Waals surface area (Å²) in [4.78, 5) is 61.1. The molecule has 0 aliphatic carbocycles. The van der Waals surface area contributed by atoms with Gasteiger partial charge in [0.05, 0.1) is 59.7 Å². The van der Waals surface area contributed by atoms with E-state index in [0.717, 1.165) is 23.9 Å². The Balaban J connectivity index is 1.22. The predicted octanol–water partition coefficient (Wildman–Crippen LogP) is 5.01. The van der Waals surface area contributed by atoms with Crippen molar-refractivity contribution in [1.29, 1.82) is 0 Å². The zero-order chi connectivity index (χ0) is 60.8. The second kappa shape index (κ2) is 28.2. The number of nitrogens with one attached hydrogen (secondary N) is 2. The van der Waals surface area contributed by atoms with Gasteiger partial charge in [0.15, 0.2) is 18.7 Å². The van der Waals surface area contributed by atoms with Crippen LogP contribution in [0.3, 0.4) is 0 Å². The Morgan fingerprint density at radius 2 is 1.59 bits per heavy atom. The second-order valence-electron chi connectivity index (χ2n) is 24.2. The summed E-state index contributed by atoms with van der Waals surface area (Å²) in [7, 11) is 8.26. The fraction of sp³-hybridized carbons (Fsp3) is 0.780. The van der Waals surface area contributed by atoms with Crippen LogP contribution in [0.25, 0.3) is 10.9 Å². The van der Waals surface area contributed by atoms with Gasteiger partial charge in [0, 0.05) is 94.5 Å². The fourth-order valence-corrected chi connectivity index (χ4v) is 12.8. The lowest BCUT2D eigenvalue weighted by atomic mass is 9.73. The van der Waals surface area contributed by atoms with Crippen LogP contribution in [0.1, 0.15) is 137 Å². The molecule has 1 aromatic heterocycles. The Hall–Kier alpha value is -4.37. The molecule has 0 spiro atoms. The van der Waals surface area contributed by atoms with Crippen molar-refractivity contribution in [2.45, 2.75) is 211 Å². The second-order valence-corrected chi connectivity index (χ2v) is 24.2. The van der Waals surface area contributed by atoms with Gasteiger partial charge >= 0.3 is 17.9 Å². The van der Waals surface area contributed by atoms with E-state index in [4.69, 9.17) is 47.5 Å². The van der Waals surface area contributed by atoms with E-state index in [9.17, 15) is 39.6 Å². The topological polar surface area (TPSA) is 286 Å². The molecule has 0 bridgehead atoms. The van der Waals surface area contributed by atoms with Crippen molar-refractivity contribution in [3.8, 4) is 0 Å². The maximum absolute atomic E-state index is 14.8. The standard InChI is InChI=1S/C59H95N5O18/c1-17-43-59(11,72)51(68)34(5)46(62-76-30-73-14)31(2)27-57(9,74-15)52(82-56-49(67)42(63(12)13)24-33(4)77-56)35(6)50(36(7)55(71)79-43)81-45-28-58(10,75-16)53(37(8)78-45)80-44(65)20-21-60-22-23-61-39-25-38-19-18-32(3)64-29-41(54(69)70)48(66)40(26-39)47(38)64/h25-26,29,31-37,42-43,45,49-53,56,60-61,67-68,72H,17-24,27-28,30H2,1-16H3,(H,69,70)/b62-46+/t31-,32?,33-,34+,35+,36-,37+,42+,43-,45+,49-,50+,51-,52-,53+,56+,57-,58-,59-/m1/s1. The van der Waals surface area contributed by atoms with Crippen molar-refractivity contribution in [1.82, 2.24) is 14.8 Å². The van der Waals surface area contributed by atoms with Gasteiger partial charge in [0.1, 0.15) is 29.0 Å².